The van der Waals surface area contributed by atoms with E-state index in [4.69, 9.17) is 0 Å². The molecule has 0 saturated heterocycles. The van der Waals surface area contributed by atoms with Crippen LogP contribution in [-0.4, -0.2) is 0 Å². The molecule has 0 amide bonds. The van der Waals surface area contributed by atoms with Crippen LogP contribution in [-0.2, 0) is 0 Å². The van der Waals surface area contributed by atoms with E-state index in [1.165, 1.54) is 12.0 Å². The highest BCUT2D eigenvalue weighted by atomic mass is 14.5. The van der Waals surface area contributed by atoms with E-state index in [0.29, 0.717) is 0 Å². The molecule has 0 N–H and O–H groups in total. The van der Waals surface area contributed by atoms with Gasteiger partial charge in [0.25, 0.3) is 0 Å². The average Bonchev–Trinajstić information content (AvgIpc) is 2.75. The predicted molar refractivity (Wildman–Crippen MR) is 62.1 cm³/mol. The lowest BCUT2D eigenvalue weighted by molar-refractivity contribution is 0.420. The van der Waals surface area contributed by atoms with E-state index in [1.807, 2.05) is 0 Å². The summed E-state index contributed by atoms with van der Waals surface area (Å²) in [7, 11) is 0. The Morgan fingerprint density at radius 2 is 1.73 bits per heavy atom. The number of hydrogen-bond donors (Lipinski definition) is 0. The van der Waals surface area contributed by atoms with E-state index in [2.05, 4.69) is 48.6 Å². The van der Waals surface area contributed by atoms with Crippen molar-refractivity contribution in [2.75, 3.05) is 0 Å². The Labute approximate surface area is 90.3 Å². The molecule has 1 aromatic carbocycles. The number of hydrogen-bond acceptors (Lipinski definition) is 0. The minimum Gasteiger partial charge on any atom is -0.0845 e. The molecule has 1 fully saturated rings. The molecular formula is C15H14. The molecule has 74 valence electrons. The molecule has 3 aliphatic rings. The summed E-state index contributed by atoms with van der Waals surface area (Å²) in [6, 6.07) is 10.9. The molecule has 0 aromatic heterocycles. The van der Waals surface area contributed by atoms with Crippen LogP contribution in [0.2, 0.25) is 0 Å². The van der Waals surface area contributed by atoms with Crippen molar-refractivity contribution in [1.29, 1.82) is 0 Å². The molecular weight excluding hydrogens is 180 g/mol. The fraction of sp³-hybridized carbons (Fsp3) is 0.333. The average molecular weight is 194 g/mol. The van der Waals surface area contributed by atoms with Gasteiger partial charge in [0.1, 0.15) is 0 Å². The van der Waals surface area contributed by atoms with Crippen LogP contribution in [0.1, 0.15) is 12.0 Å². The summed E-state index contributed by atoms with van der Waals surface area (Å²) in [6.07, 6.45) is 8.79. The fourth-order valence-electron chi connectivity index (χ4n) is 3.64. The standard InChI is InChI=1S/C15H14/c1-2-4-10(5-3-1)13-9-14-11-6-7-12(8-11)15(13)14/h1-7,9,11-12,14-15H,8H2/t11-,12+,14+,15+/m0/s1. The maximum atomic E-state index is 2.51. The highest BCUT2D eigenvalue weighted by Crippen LogP contribution is 2.59. The molecule has 0 nitrogen and oxygen atoms in total. The third-order valence-corrected chi connectivity index (χ3v) is 4.36. The van der Waals surface area contributed by atoms with Crippen molar-refractivity contribution in [3.8, 4) is 0 Å². The first-order valence-corrected chi connectivity index (χ1v) is 5.89. The molecule has 0 spiro atoms. The van der Waals surface area contributed by atoms with Gasteiger partial charge in [0.2, 0.25) is 0 Å². The van der Waals surface area contributed by atoms with Crippen LogP contribution in [0.15, 0.2) is 48.6 Å². The zero-order valence-corrected chi connectivity index (χ0v) is 8.64. The number of fused-ring (bicyclic) bond motifs is 5. The lowest BCUT2D eigenvalue weighted by Crippen LogP contribution is -2.27. The molecule has 2 bridgehead atoms. The SMILES string of the molecule is C1=C[C@H]2C[C@@H]1[C@@H]1C(c3ccccc3)=C[C@@H]12. The van der Waals surface area contributed by atoms with Crippen molar-refractivity contribution in [2.24, 2.45) is 23.7 Å². The Hall–Kier alpha value is -1.30. The monoisotopic (exact) mass is 194 g/mol. The molecule has 0 unspecified atom stereocenters. The van der Waals surface area contributed by atoms with Crippen molar-refractivity contribution >= 4 is 5.57 Å². The summed E-state index contributed by atoms with van der Waals surface area (Å²) >= 11 is 0. The van der Waals surface area contributed by atoms with Crippen LogP contribution in [0.5, 0.6) is 0 Å². The third kappa shape index (κ3) is 0.923. The van der Waals surface area contributed by atoms with Crippen LogP contribution in [0.3, 0.4) is 0 Å². The van der Waals surface area contributed by atoms with E-state index < -0.39 is 0 Å². The van der Waals surface area contributed by atoms with E-state index in [0.717, 1.165) is 23.7 Å². The molecule has 0 radical (unpaired) electrons. The van der Waals surface area contributed by atoms with Gasteiger partial charge in [-0.3, -0.25) is 0 Å². The summed E-state index contributed by atoms with van der Waals surface area (Å²) < 4.78 is 0. The van der Waals surface area contributed by atoms with E-state index in [-0.39, 0.29) is 0 Å². The highest BCUT2D eigenvalue weighted by molar-refractivity contribution is 5.75. The highest BCUT2D eigenvalue weighted by Gasteiger charge is 2.50. The number of rotatable bonds is 1. The van der Waals surface area contributed by atoms with Gasteiger partial charge in [-0.2, -0.15) is 0 Å². The Bertz CT molecular complexity index is 452. The zero-order valence-electron chi connectivity index (χ0n) is 8.64. The lowest BCUT2D eigenvalue weighted by atomic mass is 9.67. The normalized spacial score (nSPS) is 39.9. The van der Waals surface area contributed by atoms with Gasteiger partial charge in [-0.25, -0.2) is 0 Å². The second-order valence-corrected chi connectivity index (χ2v) is 5.04. The van der Waals surface area contributed by atoms with E-state index in [9.17, 15) is 0 Å². The van der Waals surface area contributed by atoms with Crippen LogP contribution in [0.25, 0.3) is 5.57 Å². The molecule has 4 rings (SSSR count). The van der Waals surface area contributed by atoms with Crippen LogP contribution in [0.4, 0.5) is 0 Å². The van der Waals surface area contributed by atoms with Crippen molar-refractivity contribution in [2.45, 2.75) is 6.42 Å². The maximum absolute atomic E-state index is 2.51. The maximum Gasteiger partial charge on any atom is -0.00271 e. The van der Waals surface area contributed by atoms with Gasteiger partial charge in [-0.1, -0.05) is 48.6 Å². The topological polar surface area (TPSA) is 0 Å². The number of allylic oxidation sites excluding steroid dienone is 4. The predicted octanol–water partition coefficient (Wildman–Crippen LogP) is 3.52. The Morgan fingerprint density at radius 3 is 2.53 bits per heavy atom. The first-order valence-electron chi connectivity index (χ1n) is 5.89. The molecule has 15 heavy (non-hydrogen) atoms. The van der Waals surface area contributed by atoms with Gasteiger partial charge < -0.3 is 0 Å². The minimum atomic E-state index is 0.847. The lowest BCUT2D eigenvalue weighted by Gasteiger charge is -2.37. The summed E-state index contributed by atoms with van der Waals surface area (Å²) in [4.78, 5) is 0. The smallest absolute Gasteiger partial charge is 0.00271 e. The van der Waals surface area contributed by atoms with Crippen molar-refractivity contribution in [1.82, 2.24) is 0 Å². The summed E-state index contributed by atoms with van der Waals surface area (Å²) in [5, 5.41) is 0. The molecule has 3 aliphatic carbocycles. The summed E-state index contributed by atoms with van der Waals surface area (Å²) in [5.74, 6) is 3.44. The first kappa shape index (κ1) is 7.92. The summed E-state index contributed by atoms with van der Waals surface area (Å²) in [6.45, 7) is 0. The fourth-order valence-corrected chi connectivity index (χ4v) is 3.64. The van der Waals surface area contributed by atoms with Crippen molar-refractivity contribution in [3.05, 3.63) is 54.1 Å². The van der Waals surface area contributed by atoms with Crippen LogP contribution >= 0.6 is 0 Å². The third-order valence-electron chi connectivity index (χ3n) is 4.36. The van der Waals surface area contributed by atoms with Gasteiger partial charge in [0.05, 0.1) is 0 Å². The molecule has 0 aliphatic heterocycles. The Morgan fingerprint density at radius 1 is 0.933 bits per heavy atom. The summed E-state index contributed by atoms with van der Waals surface area (Å²) in [5.41, 5.74) is 3.05. The quantitative estimate of drug-likeness (QED) is 0.600. The van der Waals surface area contributed by atoms with E-state index >= 15 is 0 Å². The first-order chi connectivity index (χ1) is 7.43. The van der Waals surface area contributed by atoms with Gasteiger partial charge >= 0.3 is 0 Å². The van der Waals surface area contributed by atoms with Gasteiger partial charge in [-0.15, -0.1) is 0 Å². The largest absolute Gasteiger partial charge is 0.0845 e. The van der Waals surface area contributed by atoms with Crippen LogP contribution < -0.4 is 0 Å². The Balaban J connectivity index is 1.73. The second-order valence-electron chi connectivity index (χ2n) is 5.04. The molecule has 0 heteroatoms. The minimum absolute atomic E-state index is 0.847. The number of benzene rings is 1. The zero-order chi connectivity index (χ0) is 9.83. The molecule has 4 atom stereocenters. The van der Waals surface area contributed by atoms with Gasteiger partial charge in [-0.05, 0) is 41.2 Å². The Kier molecular flexibility index (Phi) is 1.39. The van der Waals surface area contributed by atoms with Gasteiger partial charge in [0, 0.05) is 0 Å². The molecule has 0 heterocycles. The van der Waals surface area contributed by atoms with Gasteiger partial charge in [0.15, 0.2) is 0 Å². The molecule has 1 aromatic rings. The van der Waals surface area contributed by atoms with Crippen LogP contribution in [0, 0.1) is 23.7 Å². The molecule has 1 saturated carbocycles. The van der Waals surface area contributed by atoms with Crippen molar-refractivity contribution in [3.63, 3.8) is 0 Å². The van der Waals surface area contributed by atoms with E-state index in [1.54, 1.807) is 5.57 Å². The second kappa shape index (κ2) is 2.63. The van der Waals surface area contributed by atoms with Crippen molar-refractivity contribution < 1.29 is 0 Å².